The first kappa shape index (κ1) is 12.6. The topological polar surface area (TPSA) is 37.3 Å². The number of carbonyl (C=O) groups excluding carboxylic acids is 1. The van der Waals surface area contributed by atoms with Gasteiger partial charge in [-0.3, -0.25) is 4.79 Å². The van der Waals surface area contributed by atoms with Gasteiger partial charge >= 0.3 is 0 Å². The summed E-state index contributed by atoms with van der Waals surface area (Å²) in [6.45, 7) is 1.96. The van der Waals surface area contributed by atoms with Crippen LogP contribution in [-0.4, -0.2) is 34.9 Å². The lowest BCUT2D eigenvalue weighted by atomic mass is 9.70. The molecular formula is C10H12B3FO2. The number of aliphatic hydroxyl groups is 1. The Labute approximate surface area is 96.8 Å². The molecule has 0 aromatic heterocycles. The molecule has 1 aromatic rings. The molecule has 0 saturated carbocycles. The third kappa shape index (κ3) is 2.06. The number of aldehydes is 1. The van der Waals surface area contributed by atoms with E-state index in [1.165, 1.54) is 0 Å². The number of aliphatic hydroxyl groups excluding tert-OH is 1. The van der Waals surface area contributed by atoms with Gasteiger partial charge in [-0.25, -0.2) is 4.39 Å². The number of carbonyl (C=O) groups is 1. The summed E-state index contributed by atoms with van der Waals surface area (Å²) in [6, 6.07) is 1.65. The second-order valence-electron chi connectivity index (χ2n) is 3.93. The molecule has 0 radical (unpaired) electrons. The molecule has 0 saturated heterocycles. The van der Waals surface area contributed by atoms with Gasteiger partial charge in [0.25, 0.3) is 0 Å². The summed E-state index contributed by atoms with van der Waals surface area (Å²) in [4.78, 5) is 10.3. The maximum absolute atomic E-state index is 13.7. The first-order chi connectivity index (χ1) is 7.40. The van der Waals surface area contributed by atoms with E-state index in [0.717, 1.165) is 22.0 Å². The first-order valence-corrected chi connectivity index (χ1v) is 5.01. The molecule has 16 heavy (non-hydrogen) atoms. The Balaban J connectivity index is 3.54. The molecule has 0 amide bonds. The Morgan fingerprint density at radius 2 is 1.94 bits per heavy atom. The molecule has 0 aliphatic rings. The molecule has 1 N–H and O–H groups in total. The number of rotatable bonds is 2. The van der Waals surface area contributed by atoms with Crippen molar-refractivity contribution < 1.29 is 14.3 Å². The average Bonchev–Trinajstić information content (AvgIpc) is 2.29. The van der Waals surface area contributed by atoms with E-state index in [0.29, 0.717) is 0 Å². The van der Waals surface area contributed by atoms with Crippen molar-refractivity contribution in [3.8, 4) is 0 Å². The molecule has 0 fully saturated rings. The van der Waals surface area contributed by atoms with E-state index >= 15 is 0 Å². The van der Waals surface area contributed by atoms with Crippen LogP contribution in [0.3, 0.4) is 0 Å². The largest absolute Gasteiger partial charge is 0.503 e. The average molecular weight is 216 g/mol. The highest BCUT2D eigenvalue weighted by Crippen LogP contribution is 2.14. The monoisotopic (exact) mass is 216 g/mol. The minimum Gasteiger partial charge on any atom is -0.503 e. The predicted molar refractivity (Wildman–Crippen MR) is 72.4 cm³/mol. The van der Waals surface area contributed by atoms with Crippen LogP contribution in [0.15, 0.2) is 11.8 Å². The summed E-state index contributed by atoms with van der Waals surface area (Å²) in [7, 11) is 5.54. The van der Waals surface area contributed by atoms with Crippen molar-refractivity contribution in [1.82, 2.24) is 0 Å². The standard InChI is InChI=1S/C10H12B3FO2/c1-4-6(11)2-5(9(13)8(4)12)10(14)7(16)3-15/h2-3,16H,11-13H2,1H3/b10-7+. The van der Waals surface area contributed by atoms with E-state index in [-0.39, 0.29) is 11.8 Å². The molecule has 6 heteroatoms. The van der Waals surface area contributed by atoms with Gasteiger partial charge in [0.2, 0.25) is 0 Å². The van der Waals surface area contributed by atoms with Gasteiger partial charge in [-0.15, -0.1) is 0 Å². The van der Waals surface area contributed by atoms with Crippen LogP contribution in [0.1, 0.15) is 11.1 Å². The lowest BCUT2D eigenvalue weighted by Crippen LogP contribution is -2.36. The lowest BCUT2D eigenvalue weighted by Gasteiger charge is -2.13. The third-order valence-corrected chi connectivity index (χ3v) is 3.05. The minimum atomic E-state index is -0.862. The molecule has 80 valence electrons. The number of benzene rings is 1. The minimum absolute atomic E-state index is 0.110. The maximum Gasteiger partial charge on any atom is 0.192 e. The van der Waals surface area contributed by atoms with Crippen molar-refractivity contribution >= 4 is 52.0 Å². The van der Waals surface area contributed by atoms with Crippen molar-refractivity contribution in [2.24, 2.45) is 0 Å². The second kappa shape index (κ2) is 4.60. The fourth-order valence-corrected chi connectivity index (χ4v) is 1.63. The molecule has 0 unspecified atom stereocenters. The van der Waals surface area contributed by atoms with E-state index in [1.807, 2.05) is 22.6 Å². The number of allylic oxidation sites excluding steroid dienone is 1. The van der Waals surface area contributed by atoms with Gasteiger partial charge in [0.05, 0.1) is 0 Å². The summed E-state index contributed by atoms with van der Waals surface area (Å²) in [5.74, 6) is -1.72. The van der Waals surface area contributed by atoms with Crippen LogP contribution in [0.4, 0.5) is 4.39 Å². The van der Waals surface area contributed by atoms with Crippen LogP contribution in [0.2, 0.25) is 0 Å². The van der Waals surface area contributed by atoms with Gasteiger partial charge in [0.1, 0.15) is 23.5 Å². The molecule has 0 atom stereocenters. The highest BCUT2D eigenvalue weighted by molar-refractivity contribution is 6.52. The van der Waals surface area contributed by atoms with E-state index in [2.05, 4.69) is 0 Å². The van der Waals surface area contributed by atoms with Crippen LogP contribution in [-0.2, 0) is 4.79 Å². The van der Waals surface area contributed by atoms with Crippen molar-refractivity contribution in [2.75, 3.05) is 0 Å². The number of halogens is 1. The van der Waals surface area contributed by atoms with Crippen LogP contribution in [0, 0.1) is 6.92 Å². The molecular weight excluding hydrogens is 204 g/mol. The maximum atomic E-state index is 13.7. The summed E-state index contributed by atoms with van der Waals surface area (Å²) < 4.78 is 13.7. The van der Waals surface area contributed by atoms with Gasteiger partial charge in [-0.1, -0.05) is 28.0 Å². The van der Waals surface area contributed by atoms with Crippen molar-refractivity contribution in [3.05, 3.63) is 23.0 Å². The lowest BCUT2D eigenvalue weighted by molar-refractivity contribution is -0.106. The van der Waals surface area contributed by atoms with Gasteiger partial charge in [-0.2, -0.15) is 0 Å². The Bertz CT molecular complexity index is 483. The van der Waals surface area contributed by atoms with Gasteiger partial charge in [-0.05, 0) is 6.92 Å². The van der Waals surface area contributed by atoms with E-state index in [9.17, 15) is 9.18 Å². The zero-order valence-corrected chi connectivity index (χ0v) is 9.89. The van der Waals surface area contributed by atoms with Crippen LogP contribution < -0.4 is 16.4 Å². The molecule has 0 heterocycles. The highest BCUT2D eigenvalue weighted by atomic mass is 19.1. The molecule has 0 spiro atoms. The van der Waals surface area contributed by atoms with Crippen molar-refractivity contribution in [3.63, 3.8) is 0 Å². The fourth-order valence-electron chi connectivity index (χ4n) is 1.63. The summed E-state index contributed by atoms with van der Waals surface area (Å²) in [5, 5.41) is 9.09. The smallest absolute Gasteiger partial charge is 0.192 e. The van der Waals surface area contributed by atoms with Crippen LogP contribution >= 0.6 is 0 Å². The molecule has 2 nitrogen and oxygen atoms in total. The van der Waals surface area contributed by atoms with Gasteiger partial charge in [0.15, 0.2) is 17.9 Å². The molecule has 0 aliphatic heterocycles. The Hall–Kier alpha value is -1.45. The first-order valence-electron chi connectivity index (χ1n) is 5.01. The Kier molecular flexibility index (Phi) is 3.63. The van der Waals surface area contributed by atoms with Gasteiger partial charge < -0.3 is 5.11 Å². The molecule has 0 aliphatic carbocycles. The van der Waals surface area contributed by atoms with E-state index in [4.69, 9.17) is 5.11 Å². The number of hydrogen-bond donors (Lipinski definition) is 1. The van der Waals surface area contributed by atoms with Crippen LogP contribution in [0.25, 0.3) is 5.83 Å². The highest BCUT2D eigenvalue weighted by Gasteiger charge is 2.13. The fraction of sp³-hybridized carbons (Fsp3) is 0.100. The zero-order valence-electron chi connectivity index (χ0n) is 9.89. The molecule has 1 aromatic carbocycles. The Morgan fingerprint density at radius 3 is 2.44 bits per heavy atom. The molecule has 0 bridgehead atoms. The summed E-state index contributed by atoms with van der Waals surface area (Å²) in [5.41, 5.74) is 4.04. The summed E-state index contributed by atoms with van der Waals surface area (Å²) in [6.07, 6.45) is 0.110. The SMILES string of the molecule is Bc1cc(/C(F)=C(\O)C=O)c(B)c(B)c1C. The van der Waals surface area contributed by atoms with Crippen LogP contribution in [0.5, 0.6) is 0 Å². The number of hydrogen-bond acceptors (Lipinski definition) is 2. The van der Waals surface area contributed by atoms with Crippen molar-refractivity contribution in [2.45, 2.75) is 6.92 Å². The predicted octanol–water partition coefficient (Wildman–Crippen LogP) is -2.83. The third-order valence-electron chi connectivity index (χ3n) is 3.05. The van der Waals surface area contributed by atoms with Crippen molar-refractivity contribution in [1.29, 1.82) is 0 Å². The van der Waals surface area contributed by atoms with Gasteiger partial charge in [0, 0.05) is 5.56 Å². The normalized spacial score (nSPS) is 12.1. The Morgan fingerprint density at radius 1 is 1.38 bits per heavy atom. The van der Waals surface area contributed by atoms with E-state index in [1.54, 1.807) is 13.9 Å². The van der Waals surface area contributed by atoms with E-state index < -0.39 is 11.6 Å². The zero-order chi connectivity index (χ0) is 12.5. The second-order valence-corrected chi connectivity index (χ2v) is 3.93. The summed E-state index contributed by atoms with van der Waals surface area (Å²) >= 11 is 0. The quantitative estimate of drug-likeness (QED) is 0.250. The molecule has 1 rings (SSSR count).